The highest BCUT2D eigenvalue weighted by atomic mass is 35.7. The van der Waals surface area contributed by atoms with Gasteiger partial charge in [-0.3, -0.25) is 14.7 Å². The molecule has 0 fully saturated rings. The van der Waals surface area contributed by atoms with Crippen LogP contribution in [-0.2, 0) is 15.3 Å². The summed E-state index contributed by atoms with van der Waals surface area (Å²) in [6.45, 7) is -1.31. The number of hydrogen-bond donors (Lipinski definition) is 0. The number of benzene rings is 1. The number of rotatable bonds is 6. The monoisotopic (exact) mass is 293 g/mol. The van der Waals surface area contributed by atoms with Crippen molar-refractivity contribution < 1.29 is 18.7 Å². The predicted molar refractivity (Wildman–Crippen MR) is 68.4 cm³/mol. The third-order valence-corrected chi connectivity index (χ3v) is 4.17. The van der Waals surface area contributed by atoms with E-state index in [0.29, 0.717) is 5.56 Å². The molecule has 0 bridgehead atoms. The molecule has 1 aromatic rings. The van der Waals surface area contributed by atoms with Crippen molar-refractivity contribution in [3.8, 4) is 5.75 Å². The van der Waals surface area contributed by atoms with Crippen LogP contribution in [0.1, 0.15) is 12.5 Å². The van der Waals surface area contributed by atoms with Crippen molar-refractivity contribution in [3.63, 3.8) is 0 Å². The van der Waals surface area contributed by atoms with Gasteiger partial charge in [-0.25, -0.2) is 0 Å². The molecule has 0 amide bonds. The average molecular weight is 294 g/mol. The molecule has 8 heteroatoms. The smallest absolute Gasteiger partial charge is 0.310 e. The molecule has 18 heavy (non-hydrogen) atoms. The molecule has 1 unspecified atom stereocenters. The summed E-state index contributed by atoms with van der Waals surface area (Å²) in [7, 11) is 1.33. The zero-order valence-corrected chi connectivity index (χ0v) is 11.6. The van der Waals surface area contributed by atoms with E-state index in [9.17, 15) is 14.7 Å². The van der Waals surface area contributed by atoms with E-state index in [1.807, 2.05) is 0 Å². The zero-order valence-electron chi connectivity index (χ0n) is 9.96. The van der Waals surface area contributed by atoms with E-state index in [4.69, 9.17) is 20.5 Å². The molecule has 0 aromatic heterocycles. The maximum atomic E-state index is 11.8. The molecule has 6 nitrogen and oxygen atoms in total. The SMILES string of the molecule is CCOP(=O)(Cl)Cc1ccc([N+](=O)[O-])c(OC)c1. The first-order chi connectivity index (χ1) is 8.39. The topological polar surface area (TPSA) is 78.7 Å². The Kier molecular flexibility index (Phi) is 5.14. The highest BCUT2D eigenvalue weighted by molar-refractivity contribution is 7.84. The minimum atomic E-state index is -3.24. The first kappa shape index (κ1) is 15.0. The lowest BCUT2D eigenvalue weighted by Crippen LogP contribution is -1.96. The summed E-state index contributed by atoms with van der Waals surface area (Å²) in [5, 5.41) is 10.7. The van der Waals surface area contributed by atoms with Gasteiger partial charge in [-0.05, 0) is 29.8 Å². The summed E-state index contributed by atoms with van der Waals surface area (Å²) in [5.74, 6) is 0.102. The summed E-state index contributed by atoms with van der Waals surface area (Å²) in [4.78, 5) is 10.1. The largest absolute Gasteiger partial charge is 0.490 e. The van der Waals surface area contributed by atoms with E-state index in [1.165, 1.54) is 25.3 Å². The van der Waals surface area contributed by atoms with Crippen molar-refractivity contribution in [2.24, 2.45) is 0 Å². The number of methoxy groups -OCH3 is 1. The Hall–Kier alpha value is -1.10. The van der Waals surface area contributed by atoms with Crippen LogP contribution in [0.15, 0.2) is 18.2 Å². The fourth-order valence-corrected chi connectivity index (χ4v) is 3.24. The van der Waals surface area contributed by atoms with Gasteiger partial charge in [0.05, 0.1) is 24.8 Å². The van der Waals surface area contributed by atoms with Gasteiger partial charge in [-0.15, -0.1) is 0 Å². The second kappa shape index (κ2) is 6.18. The molecule has 0 spiro atoms. The standard InChI is InChI=1S/C10H13ClNO5P/c1-3-17-18(11,15)7-8-4-5-9(12(13)14)10(6-8)16-2/h4-6H,3,7H2,1-2H3. The zero-order chi connectivity index (χ0) is 13.8. The number of nitro groups is 1. The quantitative estimate of drug-likeness (QED) is 0.455. The van der Waals surface area contributed by atoms with Crippen molar-refractivity contribution >= 4 is 23.6 Å². The summed E-state index contributed by atoms with van der Waals surface area (Å²) in [6.07, 6.45) is -0.00322. The fourth-order valence-electron chi connectivity index (χ4n) is 1.43. The number of nitro benzene ring substituents is 1. The fraction of sp³-hybridized carbons (Fsp3) is 0.400. The Balaban J connectivity index is 2.99. The molecule has 1 rings (SSSR count). The van der Waals surface area contributed by atoms with Crippen molar-refractivity contribution in [2.45, 2.75) is 13.1 Å². The van der Waals surface area contributed by atoms with Crippen LogP contribution in [0.25, 0.3) is 0 Å². The minimum Gasteiger partial charge on any atom is -0.490 e. The molecule has 100 valence electrons. The van der Waals surface area contributed by atoms with Gasteiger partial charge >= 0.3 is 5.69 Å². The first-order valence-electron chi connectivity index (χ1n) is 5.14. The number of ether oxygens (including phenoxy) is 1. The highest BCUT2D eigenvalue weighted by Crippen LogP contribution is 2.55. The van der Waals surface area contributed by atoms with Crippen LogP contribution >= 0.6 is 18.0 Å². The minimum absolute atomic E-state index is 0.00322. The van der Waals surface area contributed by atoms with Crippen molar-refractivity contribution in [3.05, 3.63) is 33.9 Å². The lowest BCUT2D eigenvalue weighted by atomic mass is 10.2. The Morgan fingerprint density at radius 3 is 2.67 bits per heavy atom. The van der Waals surface area contributed by atoms with Crippen molar-refractivity contribution in [2.75, 3.05) is 13.7 Å². The Labute approximate surface area is 109 Å². The molecule has 0 heterocycles. The third-order valence-electron chi connectivity index (χ3n) is 2.13. The Morgan fingerprint density at radius 2 is 2.17 bits per heavy atom. The normalized spacial score (nSPS) is 13.9. The molecule has 0 saturated carbocycles. The van der Waals surface area contributed by atoms with Crippen LogP contribution in [0.3, 0.4) is 0 Å². The van der Waals surface area contributed by atoms with Gasteiger partial charge in [0.15, 0.2) is 5.75 Å². The van der Waals surface area contributed by atoms with Gasteiger partial charge in [0.2, 0.25) is 0 Å². The first-order valence-corrected chi connectivity index (χ1v) is 7.85. The molecule has 0 N–H and O–H groups in total. The van der Waals surface area contributed by atoms with E-state index >= 15 is 0 Å². The van der Waals surface area contributed by atoms with Gasteiger partial charge in [0.1, 0.15) is 0 Å². The summed E-state index contributed by atoms with van der Waals surface area (Å²) in [5.41, 5.74) is 0.409. The second-order valence-electron chi connectivity index (χ2n) is 3.43. The van der Waals surface area contributed by atoms with Crippen LogP contribution in [0.2, 0.25) is 0 Å². The van der Waals surface area contributed by atoms with E-state index < -0.39 is 11.6 Å². The number of halogens is 1. The van der Waals surface area contributed by atoms with Crippen molar-refractivity contribution in [1.82, 2.24) is 0 Å². The second-order valence-corrected chi connectivity index (χ2v) is 6.73. The average Bonchev–Trinajstić information content (AvgIpc) is 2.27. The van der Waals surface area contributed by atoms with E-state index in [1.54, 1.807) is 6.92 Å². The molecule has 0 radical (unpaired) electrons. The van der Waals surface area contributed by atoms with Crippen LogP contribution in [0, 0.1) is 10.1 Å². The van der Waals surface area contributed by atoms with Crippen LogP contribution in [0.4, 0.5) is 5.69 Å². The Bertz CT molecular complexity index is 493. The molecule has 0 aliphatic carbocycles. The number of nitrogens with zero attached hydrogens (tertiary/aromatic N) is 1. The molecule has 0 saturated heterocycles. The molecule has 0 aliphatic rings. The highest BCUT2D eigenvalue weighted by Gasteiger charge is 2.22. The van der Waals surface area contributed by atoms with Gasteiger partial charge in [-0.1, -0.05) is 6.07 Å². The predicted octanol–water partition coefficient (Wildman–Crippen LogP) is 3.57. The van der Waals surface area contributed by atoms with Crippen LogP contribution < -0.4 is 4.74 Å². The van der Waals surface area contributed by atoms with Crippen molar-refractivity contribution in [1.29, 1.82) is 0 Å². The lowest BCUT2D eigenvalue weighted by molar-refractivity contribution is -0.385. The van der Waals surface area contributed by atoms with Crippen LogP contribution in [-0.4, -0.2) is 18.6 Å². The van der Waals surface area contributed by atoms with E-state index in [-0.39, 0.29) is 24.2 Å². The molecule has 1 aromatic carbocycles. The van der Waals surface area contributed by atoms with Gasteiger partial charge in [0, 0.05) is 6.07 Å². The third kappa shape index (κ3) is 3.98. The lowest BCUT2D eigenvalue weighted by Gasteiger charge is -2.10. The van der Waals surface area contributed by atoms with Gasteiger partial charge in [-0.2, -0.15) is 0 Å². The molecule has 1 atom stereocenters. The van der Waals surface area contributed by atoms with Gasteiger partial charge < -0.3 is 9.26 Å². The number of hydrogen-bond acceptors (Lipinski definition) is 5. The molecular weight excluding hydrogens is 281 g/mol. The summed E-state index contributed by atoms with van der Waals surface area (Å²) >= 11 is 5.73. The maximum absolute atomic E-state index is 11.8. The van der Waals surface area contributed by atoms with E-state index in [0.717, 1.165) is 0 Å². The maximum Gasteiger partial charge on any atom is 0.310 e. The van der Waals surface area contributed by atoms with Crippen LogP contribution in [0.5, 0.6) is 5.75 Å². The van der Waals surface area contributed by atoms with E-state index in [2.05, 4.69) is 0 Å². The summed E-state index contributed by atoms with van der Waals surface area (Å²) in [6, 6.07) is 4.21. The summed E-state index contributed by atoms with van der Waals surface area (Å²) < 4.78 is 21.6. The van der Waals surface area contributed by atoms with Gasteiger partial charge in [0.25, 0.3) is 6.72 Å². The molecule has 0 aliphatic heterocycles. The Morgan fingerprint density at radius 1 is 1.50 bits per heavy atom. The molecular formula is C10H13ClNO5P.